The number of anilines is 1. The number of rotatable bonds is 4. The summed E-state index contributed by atoms with van der Waals surface area (Å²) in [6.45, 7) is 2.96. The van der Waals surface area contributed by atoms with Crippen molar-refractivity contribution < 1.29 is 4.42 Å². The first-order chi connectivity index (χ1) is 9.15. The Kier molecular flexibility index (Phi) is 3.72. The van der Waals surface area contributed by atoms with Gasteiger partial charge in [0.25, 0.3) is 0 Å². The van der Waals surface area contributed by atoms with Gasteiger partial charge in [-0.15, -0.1) is 0 Å². The van der Waals surface area contributed by atoms with Crippen molar-refractivity contribution in [2.45, 2.75) is 25.8 Å². The third-order valence-electron chi connectivity index (χ3n) is 3.56. The summed E-state index contributed by atoms with van der Waals surface area (Å²) in [5.41, 5.74) is 1.06. The van der Waals surface area contributed by atoms with Gasteiger partial charge in [0, 0.05) is 14.9 Å². The Morgan fingerprint density at radius 1 is 1.21 bits per heavy atom. The van der Waals surface area contributed by atoms with E-state index in [1.807, 2.05) is 18.2 Å². The molecule has 2 aromatic rings. The normalized spacial score (nSPS) is 21.4. The summed E-state index contributed by atoms with van der Waals surface area (Å²) >= 11 is 7.09. The molecule has 2 atom stereocenters. The highest BCUT2D eigenvalue weighted by Gasteiger charge is 2.36. The summed E-state index contributed by atoms with van der Waals surface area (Å²) in [6, 6.07) is 10.2. The second-order valence-corrected chi connectivity index (χ2v) is 6.78. The Hall–Kier alpha value is -0.740. The molecule has 0 spiro atoms. The summed E-state index contributed by atoms with van der Waals surface area (Å²) in [5.74, 6) is 3.54. The van der Waals surface area contributed by atoms with E-state index >= 15 is 0 Å². The van der Waals surface area contributed by atoms with Crippen molar-refractivity contribution >= 4 is 37.5 Å². The number of benzene rings is 1. The zero-order valence-electron chi connectivity index (χ0n) is 10.6. The van der Waals surface area contributed by atoms with Crippen LogP contribution >= 0.6 is 31.9 Å². The Labute approximate surface area is 129 Å². The molecule has 1 N–H and O–H groups in total. The molecular weight excluding hydrogens is 370 g/mol. The van der Waals surface area contributed by atoms with Gasteiger partial charge < -0.3 is 9.73 Å². The molecule has 1 fully saturated rings. The monoisotopic (exact) mass is 383 g/mol. The molecule has 3 rings (SSSR count). The molecule has 1 aromatic carbocycles. The second kappa shape index (κ2) is 5.33. The van der Waals surface area contributed by atoms with Crippen LogP contribution in [-0.4, -0.2) is 0 Å². The Balaban J connectivity index is 1.67. The molecule has 2 nitrogen and oxygen atoms in total. The van der Waals surface area contributed by atoms with E-state index in [0.717, 1.165) is 32.1 Å². The van der Waals surface area contributed by atoms with Gasteiger partial charge in [0.05, 0.1) is 12.2 Å². The van der Waals surface area contributed by atoms with Crippen LogP contribution < -0.4 is 5.32 Å². The zero-order valence-corrected chi connectivity index (χ0v) is 13.8. The minimum atomic E-state index is 0.643. The molecule has 4 heteroatoms. The number of hydrogen-bond acceptors (Lipinski definition) is 2. The molecule has 1 aromatic heterocycles. The summed E-state index contributed by atoms with van der Waals surface area (Å²) in [7, 11) is 0. The van der Waals surface area contributed by atoms with Crippen LogP contribution in [0.2, 0.25) is 0 Å². The minimum Gasteiger partial charge on any atom is -0.464 e. The highest BCUT2D eigenvalue weighted by atomic mass is 79.9. The predicted octanol–water partition coefficient (Wildman–Crippen LogP) is 5.54. The number of hydrogen-bond donors (Lipinski definition) is 1. The van der Waals surface area contributed by atoms with Crippen LogP contribution in [-0.2, 0) is 6.54 Å². The van der Waals surface area contributed by atoms with Gasteiger partial charge in [-0.1, -0.05) is 13.0 Å². The molecule has 1 aliphatic rings. The summed E-state index contributed by atoms with van der Waals surface area (Å²) in [5, 5.41) is 3.39. The van der Waals surface area contributed by atoms with E-state index in [-0.39, 0.29) is 0 Å². The maximum atomic E-state index is 5.89. The molecule has 1 saturated carbocycles. The van der Waals surface area contributed by atoms with Gasteiger partial charge >= 0.3 is 0 Å². The topological polar surface area (TPSA) is 25.2 Å². The van der Waals surface area contributed by atoms with E-state index in [4.69, 9.17) is 4.42 Å². The van der Waals surface area contributed by atoms with Crippen molar-refractivity contribution in [2.75, 3.05) is 5.32 Å². The maximum absolute atomic E-state index is 5.89. The van der Waals surface area contributed by atoms with Crippen LogP contribution in [0.3, 0.4) is 0 Å². The third-order valence-corrected chi connectivity index (χ3v) is 4.88. The first-order valence-electron chi connectivity index (χ1n) is 6.41. The number of halogens is 2. The van der Waals surface area contributed by atoms with E-state index < -0.39 is 0 Å². The van der Waals surface area contributed by atoms with Crippen LogP contribution in [0.5, 0.6) is 0 Å². The van der Waals surface area contributed by atoms with Crippen LogP contribution in [0.25, 0.3) is 0 Å². The lowest BCUT2D eigenvalue weighted by molar-refractivity contribution is 0.468. The lowest BCUT2D eigenvalue weighted by Gasteiger charge is -2.09. The minimum absolute atomic E-state index is 0.643. The smallest absolute Gasteiger partial charge is 0.123 e. The number of para-hydroxylation sites is 1. The SMILES string of the molecule is CC1CC1c1ccc(CNc2c(Br)cccc2Br)o1. The van der Waals surface area contributed by atoms with Gasteiger partial charge in [-0.25, -0.2) is 0 Å². The molecular formula is C15H15Br2NO. The molecule has 2 unspecified atom stereocenters. The van der Waals surface area contributed by atoms with Crippen molar-refractivity contribution in [2.24, 2.45) is 5.92 Å². The molecule has 0 amide bonds. The quantitative estimate of drug-likeness (QED) is 0.748. The molecule has 1 heterocycles. The van der Waals surface area contributed by atoms with Crippen molar-refractivity contribution in [3.05, 3.63) is 50.8 Å². The van der Waals surface area contributed by atoms with Crippen LogP contribution in [0, 0.1) is 5.92 Å². The molecule has 0 radical (unpaired) electrons. The van der Waals surface area contributed by atoms with E-state index in [0.29, 0.717) is 12.5 Å². The van der Waals surface area contributed by atoms with Gasteiger partial charge in [0.1, 0.15) is 11.5 Å². The first-order valence-corrected chi connectivity index (χ1v) is 8.00. The van der Waals surface area contributed by atoms with Crippen molar-refractivity contribution in [1.29, 1.82) is 0 Å². The Morgan fingerprint density at radius 3 is 2.53 bits per heavy atom. The first kappa shape index (κ1) is 13.3. The van der Waals surface area contributed by atoms with Gasteiger partial charge in [-0.2, -0.15) is 0 Å². The molecule has 1 aliphatic carbocycles. The van der Waals surface area contributed by atoms with Gasteiger partial charge in [-0.05, 0) is 68.5 Å². The third kappa shape index (κ3) is 2.90. The molecule has 0 saturated heterocycles. The second-order valence-electron chi connectivity index (χ2n) is 5.07. The lowest BCUT2D eigenvalue weighted by atomic mass is 10.3. The van der Waals surface area contributed by atoms with Gasteiger partial charge in [0.2, 0.25) is 0 Å². The average molecular weight is 385 g/mol. The average Bonchev–Trinajstić information content (AvgIpc) is 2.92. The highest BCUT2D eigenvalue weighted by molar-refractivity contribution is 9.11. The fourth-order valence-corrected chi connectivity index (χ4v) is 3.53. The van der Waals surface area contributed by atoms with Crippen LogP contribution in [0.15, 0.2) is 43.7 Å². The van der Waals surface area contributed by atoms with Gasteiger partial charge in [0.15, 0.2) is 0 Å². The van der Waals surface area contributed by atoms with Crippen LogP contribution in [0.4, 0.5) is 5.69 Å². The van der Waals surface area contributed by atoms with Crippen molar-refractivity contribution in [3.63, 3.8) is 0 Å². The number of furan rings is 1. The summed E-state index contributed by atoms with van der Waals surface area (Å²) in [6.07, 6.45) is 1.26. The predicted molar refractivity (Wildman–Crippen MR) is 84.4 cm³/mol. The molecule has 19 heavy (non-hydrogen) atoms. The van der Waals surface area contributed by atoms with E-state index in [1.54, 1.807) is 0 Å². The van der Waals surface area contributed by atoms with Crippen LogP contribution in [0.1, 0.15) is 30.8 Å². The maximum Gasteiger partial charge on any atom is 0.123 e. The number of nitrogens with one attached hydrogen (secondary N) is 1. The van der Waals surface area contributed by atoms with E-state index in [9.17, 15) is 0 Å². The standard InChI is InChI=1S/C15H15Br2NO/c1-9-7-11(9)14-6-5-10(19-14)8-18-15-12(16)3-2-4-13(15)17/h2-6,9,11,18H,7-8H2,1H3. The Morgan fingerprint density at radius 2 is 1.89 bits per heavy atom. The van der Waals surface area contributed by atoms with Crippen molar-refractivity contribution in [1.82, 2.24) is 0 Å². The fraction of sp³-hybridized carbons (Fsp3) is 0.333. The zero-order chi connectivity index (χ0) is 13.4. The van der Waals surface area contributed by atoms with E-state index in [1.165, 1.54) is 6.42 Å². The molecule has 0 bridgehead atoms. The molecule has 100 valence electrons. The fourth-order valence-electron chi connectivity index (χ4n) is 2.25. The largest absolute Gasteiger partial charge is 0.464 e. The summed E-state index contributed by atoms with van der Waals surface area (Å²) in [4.78, 5) is 0. The Bertz CT molecular complexity index is 573. The molecule has 0 aliphatic heterocycles. The highest BCUT2D eigenvalue weighted by Crippen LogP contribution is 2.47. The van der Waals surface area contributed by atoms with E-state index in [2.05, 4.69) is 56.2 Å². The van der Waals surface area contributed by atoms with Gasteiger partial charge in [-0.3, -0.25) is 0 Å². The lowest BCUT2D eigenvalue weighted by Crippen LogP contribution is -1.99. The summed E-state index contributed by atoms with van der Waals surface area (Å²) < 4.78 is 7.98. The van der Waals surface area contributed by atoms with Crippen molar-refractivity contribution in [3.8, 4) is 0 Å².